The van der Waals surface area contributed by atoms with Crippen LogP contribution in [0.25, 0.3) is 0 Å². The van der Waals surface area contributed by atoms with Gasteiger partial charge in [-0.15, -0.1) is 0 Å². The Labute approximate surface area is 342 Å². The zero-order valence-electron chi connectivity index (χ0n) is 32.9. The first-order valence-corrected chi connectivity index (χ1v) is 19.1. The molecule has 0 amide bonds. The van der Waals surface area contributed by atoms with Crippen LogP contribution in [0.5, 0.6) is 11.5 Å². The summed E-state index contributed by atoms with van der Waals surface area (Å²) in [6.45, 7) is 3.52. The molecule has 324 valence electrons. The third kappa shape index (κ3) is 10.5. The number of ether oxygens (including phenoxy) is 2. The number of piperidine rings is 2. The normalized spacial score (nSPS) is 22.9. The summed E-state index contributed by atoms with van der Waals surface area (Å²) in [6, 6.07) is 16.4. The minimum absolute atomic E-state index is 0. The second kappa shape index (κ2) is 18.6. The fourth-order valence-corrected chi connectivity index (χ4v) is 8.61. The molecule has 19 heteroatoms. The Morgan fingerprint density at radius 1 is 0.717 bits per heavy atom. The maximum absolute atomic E-state index is 12.8. The summed E-state index contributed by atoms with van der Waals surface area (Å²) in [5.74, 6) is 2.10. The Hall–Kier alpha value is -5.85. The van der Waals surface area contributed by atoms with E-state index in [0.717, 1.165) is 74.2 Å². The molecule has 6 heterocycles. The van der Waals surface area contributed by atoms with Crippen LogP contribution in [0.1, 0.15) is 73.6 Å². The molecule has 0 radical (unpaired) electrons. The number of aryl methyl sites for hydroxylation is 2. The van der Waals surface area contributed by atoms with Gasteiger partial charge in [0.1, 0.15) is 29.6 Å². The summed E-state index contributed by atoms with van der Waals surface area (Å²) in [5.41, 5.74) is 7.03. The van der Waals surface area contributed by atoms with Gasteiger partial charge in [-0.05, 0) is 93.1 Å². The van der Waals surface area contributed by atoms with E-state index in [1.807, 2.05) is 25.1 Å². The number of rotatable bonds is 7. The van der Waals surface area contributed by atoms with Crippen molar-refractivity contribution in [1.82, 2.24) is 16.1 Å². The van der Waals surface area contributed by atoms with Gasteiger partial charge in [-0.3, -0.25) is 14.9 Å². The molecule has 2 aromatic carbocycles. The van der Waals surface area contributed by atoms with Gasteiger partial charge in [0.2, 0.25) is 0 Å². The molecule has 4 fully saturated rings. The molecule has 4 aliphatic rings. The lowest BCUT2D eigenvalue weighted by molar-refractivity contribution is -0.386. The fourth-order valence-electron chi connectivity index (χ4n) is 8.61. The molecule has 2 unspecified atom stereocenters. The molecule has 2 aromatic heterocycles. The molecule has 6 atom stereocenters. The van der Waals surface area contributed by atoms with E-state index in [4.69, 9.17) is 25.1 Å². The predicted octanol–water partition coefficient (Wildman–Crippen LogP) is 9.33. The van der Waals surface area contributed by atoms with Crippen molar-refractivity contribution in [3.63, 3.8) is 0 Å². The van der Waals surface area contributed by atoms with Gasteiger partial charge in [-0.2, -0.15) is 26.3 Å². The standard InChI is InChI=1S/C20H20F3N3O3.C20H22F3N3O.CH2O2.H3N/c1-12-2-6-18(17(8-12)26(27)28)29-16-9-14-4-5-15(10-16)25(14)19-7-3-13(11-24-19)20(21,22)23;1-12-2-6-18(17(24)8-12)27-16-9-14-4-5-15(10-16)26(14)19-7-3-13(11-25-19)20(21,22)23;2-1-3;/h2-3,6-8,11,14-16H,4-5,9-10H2,1H3;2-3,6-8,11,14-16H,4-5,9-10,24H2,1H3;1H,(H,2,3);1H3/t2*14-,15+,16?;;. The topological polar surface area (TPSA) is 192 Å². The van der Waals surface area contributed by atoms with Gasteiger partial charge in [-0.1, -0.05) is 12.1 Å². The Kier molecular flexibility index (Phi) is 14.0. The van der Waals surface area contributed by atoms with Crippen LogP contribution in [0, 0.1) is 24.0 Å². The van der Waals surface area contributed by atoms with Gasteiger partial charge in [0.15, 0.2) is 5.75 Å². The number of aromatic nitrogens is 2. The number of fused-ring (bicyclic) bond motifs is 4. The van der Waals surface area contributed by atoms with Crippen molar-refractivity contribution >= 4 is 29.5 Å². The second-order valence-corrected chi connectivity index (χ2v) is 15.2. The molecular weight excluding hydrogens is 800 g/mol. The smallest absolute Gasteiger partial charge is 0.417 e. The van der Waals surface area contributed by atoms with Crippen molar-refractivity contribution in [2.45, 2.75) is 114 Å². The van der Waals surface area contributed by atoms with E-state index >= 15 is 0 Å². The lowest BCUT2D eigenvalue weighted by Crippen LogP contribution is -2.46. The lowest BCUT2D eigenvalue weighted by atomic mass is 9.99. The SMILES string of the molecule is Cc1ccc(OC2C[C@H]3CC[C@@H](C2)N3c2ccc(C(F)(F)F)cn2)c(N)c1.Cc1ccc(OC2C[C@H]3CC[C@@H](C2)N3c2ccc(C(F)(F)F)cn2)c([N+](=O)[O-])c1.N.O=CO. The summed E-state index contributed by atoms with van der Waals surface area (Å²) in [4.78, 5) is 31.6. The number of carbonyl (C=O) groups is 1. The second-order valence-electron chi connectivity index (χ2n) is 15.2. The Morgan fingerprint density at radius 3 is 1.45 bits per heavy atom. The fraction of sp³-hybridized carbons (Fsp3) is 0.439. The highest BCUT2D eigenvalue weighted by Crippen LogP contribution is 2.43. The predicted molar refractivity (Wildman–Crippen MR) is 211 cm³/mol. The van der Waals surface area contributed by atoms with Crippen LogP contribution in [0.15, 0.2) is 73.1 Å². The van der Waals surface area contributed by atoms with E-state index in [9.17, 15) is 36.5 Å². The van der Waals surface area contributed by atoms with Crippen molar-refractivity contribution < 1.29 is 50.6 Å². The van der Waals surface area contributed by atoms with E-state index in [1.54, 1.807) is 19.1 Å². The minimum atomic E-state index is -4.41. The highest BCUT2D eigenvalue weighted by molar-refractivity contribution is 5.54. The number of pyridine rings is 2. The summed E-state index contributed by atoms with van der Waals surface area (Å²) >= 11 is 0. The molecule has 13 nitrogen and oxygen atoms in total. The van der Waals surface area contributed by atoms with Gasteiger partial charge < -0.3 is 36.3 Å². The summed E-state index contributed by atoms with van der Waals surface area (Å²) in [7, 11) is 0. The van der Waals surface area contributed by atoms with Crippen molar-refractivity contribution in [3.05, 3.63) is 105 Å². The van der Waals surface area contributed by atoms with Crippen LogP contribution >= 0.6 is 0 Å². The monoisotopic (exact) mass is 847 g/mol. The Balaban J connectivity index is 0.000000211. The molecule has 4 bridgehead atoms. The molecule has 6 N–H and O–H groups in total. The van der Waals surface area contributed by atoms with Crippen molar-refractivity contribution in [2.75, 3.05) is 15.5 Å². The number of anilines is 3. The molecule has 4 saturated heterocycles. The Morgan fingerprint density at radius 2 is 1.10 bits per heavy atom. The van der Waals surface area contributed by atoms with Crippen LogP contribution in [0.4, 0.5) is 49.4 Å². The zero-order valence-corrected chi connectivity index (χ0v) is 32.9. The third-order valence-corrected chi connectivity index (χ3v) is 11.1. The first-order chi connectivity index (χ1) is 27.9. The van der Waals surface area contributed by atoms with Gasteiger partial charge in [0.05, 0.1) is 21.7 Å². The summed E-state index contributed by atoms with van der Waals surface area (Å²) in [5, 5.41) is 18.2. The molecule has 0 saturated carbocycles. The quantitative estimate of drug-likeness (QED) is 0.0526. The number of nitrogen functional groups attached to an aromatic ring is 1. The summed E-state index contributed by atoms with van der Waals surface area (Å²) < 4.78 is 88.8. The van der Waals surface area contributed by atoms with E-state index in [1.165, 1.54) is 18.2 Å². The van der Waals surface area contributed by atoms with Crippen LogP contribution in [0.2, 0.25) is 0 Å². The highest BCUT2D eigenvalue weighted by Gasteiger charge is 2.44. The highest BCUT2D eigenvalue weighted by atomic mass is 19.4. The maximum atomic E-state index is 12.8. The molecule has 4 aliphatic heterocycles. The average Bonchev–Trinajstić information content (AvgIpc) is 3.60. The number of halogens is 6. The van der Waals surface area contributed by atoms with E-state index in [-0.39, 0.29) is 60.4 Å². The first-order valence-electron chi connectivity index (χ1n) is 19.1. The molecule has 8 rings (SSSR count). The van der Waals surface area contributed by atoms with Crippen LogP contribution in [0.3, 0.4) is 0 Å². The largest absolute Gasteiger partial charge is 0.488 e. The number of nitro benzene ring substituents is 1. The Bertz CT molecular complexity index is 2060. The number of benzene rings is 2. The van der Waals surface area contributed by atoms with Crippen molar-refractivity contribution in [3.8, 4) is 11.5 Å². The number of carboxylic acid groups (broad SMARTS) is 1. The first kappa shape index (κ1) is 45.2. The molecule has 4 aromatic rings. The van der Waals surface area contributed by atoms with Gasteiger partial charge >= 0.3 is 18.0 Å². The zero-order chi connectivity index (χ0) is 42.6. The number of nitrogens with two attached hydrogens (primary N) is 1. The van der Waals surface area contributed by atoms with Crippen molar-refractivity contribution in [2.24, 2.45) is 0 Å². The number of alkyl halides is 6. The number of nitrogens with zero attached hydrogens (tertiary/aromatic N) is 5. The van der Waals surface area contributed by atoms with Crippen LogP contribution in [-0.4, -0.2) is 62.8 Å². The molecule has 0 aliphatic carbocycles. The van der Waals surface area contributed by atoms with Gasteiger partial charge in [0.25, 0.3) is 6.47 Å². The maximum Gasteiger partial charge on any atom is 0.417 e. The van der Waals surface area contributed by atoms with E-state index in [0.29, 0.717) is 35.9 Å². The number of hydrogen-bond acceptors (Lipinski definition) is 11. The minimum Gasteiger partial charge on any atom is -0.488 e. The molecule has 60 heavy (non-hydrogen) atoms. The number of hydrogen-bond donors (Lipinski definition) is 3. The average molecular weight is 848 g/mol. The van der Waals surface area contributed by atoms with Crippen molar-refractivity contribution in [1.29, 1.82) is 0 Å². The van der Waals surface area contributed by atoms with E-state index in [2.05, 4.69) is 19.8 Å². The lowest BCUT2D eigenvalue weighted by Gasteiger charge is -2.39. The molecular formula is C41H47F6N7O6. The molecule has 0 spiro atoms. The summed E-state index contributed by atoms with van der Waals surface area (Å²) in [6.07, 6.45) is -0.421. The van der Waals surface area contributed by atoms with Gasteiger partial charge in [0, 0.05) is 68.3 Å². The number of nitro groups is 1. The van der Waals surface area contributed by atoms with E-state index < -0.39 is 28.4 Å². The van der Waals surface area contributed by atoms with Gasteiger partial charge in [-0.25, -0.2) is 9.97 Å². The third-order valence-electron chi connectivity index (χ3n) is 11.1. The van der Waals surface area contributed by atoms with Crippen LogP contribution < -0.4 is 31.2 Å². The van der Waals surface area contributed by atoms with Crippen LogP contribution in [-0.2, 0) is 17.1 Å².